The summed E-state index contributed by atoms with van der Waals surface area (Å²) in [5, 5.41) is 10.8. The molecule has 4 N–H and O–H groups in total. The average molecular weight is 713 g/mol. The molecule has 15 heteroatoms. The fraction of sp³-hybridized carbons (Fsp3) is 0.457. The van der Waals surface area contributed by atoms with E-state index in [9.17, 15) is 18.0 Å². The summed E-state index contributed by atoms with van der Waals surface area (Å²) < 4.78 is 52.4. The summed E-state index contributed by atoms with van der Waals surface area (Å²) in [6, 6.07) is 15.2. The lowest BCUT2D eigenvalue weighted by Gasteiger charge is -2.33. The van der Waals surface area contributed by atoms with Crippen molar-refractivity contribution in [2.24, 2.45) is 21.7 Å². The van der Waals surface area contributed by atoms with Crippen molar-refractivity contribution in [2.45, 2.75) is 63.6 Å². The molecule has 0 aliphatic carbocycles. The van der Waals surface area contributed by atoms with E-state index < -0.39 is 23.6 Å². The van der Waals surface area contributed by atoms with Crippen LogP contribution in [0.3, 0.4) is 0 Å². The number of anilines is 1. The first-order valence-electron chi connectivity index (χ1n) is 16.5. The van der Waals surface area contributed by atoms with Gasteiger partial charge in [0.25, 0.3) is 0 Å². The number of aromatic nitrogens is 5. The van der Waals surface area contributed by atoms with Crippen LogP contribution in [0.25, 0.3) is 17.1 Å². The minimum atomic E-state index is -4.41. The zero-order valence-electron chi connectivity index (χ0n) is 28.2. The molecule has 0 bridgehead atoms. The summed E-state index contributed by atoms with van der Waals surface area (Å²) in [6.45, 7) is 3.53. The van der Waals surface area contributed by atoms with E-state index in [-0.39, 0.29) is 11.8 Å². The Bertz CT molecular complexity index is 1730. The Labute approximate surface area is 294 Å². The third-order valence-electron chi connectivity index (χ3n) is 8.98. The van der Waals surface area contributed by atoms with Gasteiger partial charge in [0.15, 0.2) is 5.82 Å². The molecule has 1 aliphatic heterocycles. The van der Waals surface area contributed by atoms with Crippen molar-refractivity contribution in [3.63, 3.8) is 0 Å². The molecule has 0 radical (unpaired) electrons. The molecule has 1 fully saturated rings. The number of rotatable bonds is 17. The molecule has 11 nitrogen and oxygen atoms in total. The molecule has 1 aromatic carbocycles. The van der Waals surface area contributed by atoms with Gasteiger partial charge in [-0.05, 0) is 69.2 Å². The first-order chi connectivity index (χ1) is 23.9. The van der Waals surface area contributed by atoms with Crippen molar-refractivity contribution in [1.82, 2.24) is 24.7 Å². The molecule has 1 unspecified atom stereocenters. The van der Waals surface area contributed by atoms with Crippen LogP contribution in [0.1, 0.15) is 51.5 Å². The van der Waals surface area contributed by atoms with Crippen molar-refractivity contribution in [2.75, 3.05) is 37.8 Å². The Kier molecular flexibility index (Phi) is 12.0. The van der Waals surface area contributed by atoms with E-state index in [1.165, 1.54) is 10.7 Å². The summed E-state index contributed by atoms with van der Waals surface area (Å²) in [5.74, 6) is 0.897. The van der Waals surface area contributed by atoms with E-state index in [0.717, 1.165) is 74.8 Å². The zero-order chi connectivity index (χ0) is 35.8. The molecule has 4 heterocycles. The molecule has 0 saturated carbocycles. The monoisotopic (exact) mass is 712 g/mol. The molecule has 1 aliphatic rings. The van der Waals surface area contributed by atoms with Crippen LogP contribution in [-0.2, 0) is 16.0 Å². The molecule has 3 aromatic heterocycles. The van der Waals surface area contributed by atoms with Crippen LogP contribution >= 0.6 is 11.9 Å². The highest BCUT2D eigenvalue weighted by Crippen LogP contribution is 2.38. The maximum Gasteiger partial charge on any atom is 0.397 e. The van der Waals surface area contributed by atoms with Gasteiger partial charge >= 0.3 is 6.18 Å². The second-order valence-corrected chi connectivity index (χ2v) is 13.8. The van der Waals surface area contributed by atoms with E-state index in [0.29, 0.717) is 49.3 Å². The molecular formula is C35H43F3N8O3S. The second-order valence-electron chi connectivity index (χ2n) is 13.1. The quantitative estimate of drug-likeness (QED) is 0.0964. The number of pyridine rings is 1. The molecule has 1 saturated heterocycles. The Morgan fingerprint density at radius 1 is 1.06 bits per heavy atom. The lowest BCUT2D eigenvalue weighted by Crippen LogP contribution is -2.47. The Hall–Kier alpha value is -4.21. The lowest BCUT2D eigenvalue weighted by molar-refractivity contribution is -0.219. The maximum atomic E-state index is 13.3. The number of amides is 1. The van der Waals surface area contributed by atoms with Gasteiger partial charge < -0.3 is 20.1 Å². The SMILES string of the molecule is CC(C)(COc1ccn(-c2nccnc2-c2ccccc2CCCCCCN(CC2(C(N)=O)CCOC2)c2cccc(SN)n2)n1)C(F)(F)F. The summed E-state index contributed by atoms with van der Waals surface area (Å²) in [7, 11) is 0. The number of primary amides is 1. The Morgan fingerprint density at radius 3 is 2.58 bits per heavy atom. The smallest absolute Gasteiger partial charge is 0.397 e. The van der Waals surface area contributed by atoms with E-state index in [4.69, 9.17) is 20.3 Å². The van der Waals surface area contributed by atoms with Gasteiger partial charge in [-0.25, -0.2) is 14.6 Å². The standard InChI is InChI=1S/C35H43F3N8O3S/c1-33(2,35(36,37)38)23-49-28-15-20-46(44-28)31-30(41-17-18-42-31)26-12-7-6-11-25(26)10-5-3-4-8-19-45(27-13-9-14-29(43-27)50-40)22-34(32(39)47)16-21-48-24-34/h6-7,9,11-15,17-18,20H,3-5,8,10,16,19,21-24,40H2,1-2H3,(H2,39,47). The molecule has 268 valence electrons. The van der Waals surface area contributed by atoms with E-state index >= 15 is 0 Å². The van der Waals surface area contributed by atoms with E-state index in [1.807, 2.05) is 36.4 Å². The van der Waals surface area contributed by atoms with Gasteiger partial charge in [0, 0.05) is 49.9 Å². The highest BCUT2D eigenvalue weighted by molar-refractivity contribution is 7.97. The normalized spacial score (nSPS) is 16.4. The van der Waals surface area contributed by atoms with Crippen molar-refractivity contribution < 1.29 is 27.4 Å². The van der Waals surface area contributed by atoms with Crippen LogP contribution in [-0.4, -0.2) is 69.7 Å². The Balaban J connectivity index is 1.21. The summed E-state index contributed by atoms with van der Waals surface area (Å²) in [6.07, 6.45) is 5.46. The van der Waals surface area contributed by atoms with E-state index in [1.54, 1.807) is 18.6 Å². The number of hydrogen-bond acceptors (Lipinski definition) is 10. The van der Waals surface area contributed by atoms with Crippen LogP contribution < -0.4 is 20.5 Å². The fourth-order valence-corrected chi connectivity index (χ4v) is 6.06. The third kappa shape index (κ3) is 8.92. The molecule has 1 amide bonds. The van der Waals surface area contributed by atoms with Gasteiger partial charge in [0.1, 0.15) is 23.1 Å². The van der Waals surface area contributed by atoms with Gasteiger partial charge in [-0.15, -0.1) is 5.10 Å². The van der Waals surface area contributed by atoms with Gasteiger partial charge in [-0.3, -0.25) is 14.9 Å². The number of nitrogens with zero attached hydrogens (tertiary/aromatic N) is 6. The summed E-state index contributed by atoms with van der Waals surface area (Å²) in [4.78, 5) is 28.4. The van der Waals surface area contributed by atoms with Gasteiger partial charge in [0.2, 0.25) is 11.8 Å². The molecule has 5 rings (SSSR count). The summed E-state index contributed by atoms with van der Waals surface area (Å²) in [5.41, 5.74) is 5.67. The van der Waals surface area contributed by atoms with Gasteiger partial charge in [0.05, 0.1) is 17.4 Å². The first kappa shape index (κ1) is 37.1. The predicted molar refractivity (Wildman–Crippen MR) is 186 cm³/mol. The van der Waals surface area contributed by atoms with Crippen LogP contribution in [0, 0.1) is 10.8 Å². The molecule has 4 aromatic rings. The van der Waals surface area contributed by atoms with Crippen molar-refractivity contribution in [3.8, 4) is 23.0 Å². The zero-order valence-corrected chi connectivity index (χ0v) is 29.1. The topological polar surface area (TPSA) is 147 Å². The average Bonchev–Trinajstić information content (AvgIpc) is 3.79. The van der Waals surface area contributed by atoms with Crippen LogP contribution in [0.4, 0.5) is 19.0 Å². The number of carbonyl (C=O) groups excluding carboxylic acids is 1. The van der Waals surface area contributed by atoms with Crippen LogP contribution in [0.2, 0.25) is 0 Å². The Morgan fingerprint density at radius 2 is 1.84 bits per heavy atom. The number of carbonyl (C=O) groups is 1. The number of benzene rings is 1. The molecule has 0 spiro atoms. The highest BCUT2D eigenvalue weighted by Gasteiger charge is 2.48. The van der Waals surface area contributed by atoms with Crippen LogP contribution in [0.15, 0.2) is 72.1 Å². The van der Waals surface area contributed by atoms with Gasteiger partial charge in [-0.2, -0.15) is 13.2 Å². The highest BCUT2D eigenvalue weighted by atomic mass is 32.2. The number of halogens is 3. The van der Waals surface area contributed by atoms with Crippen molar-refractivity contribution in [3.05, 3.63) is 72.7 Å². The molecule has 1 atom stereocenters. The minimum absolute atomic E-state index is 0.0638. The third-order valence-corrected chi connectivity index (χ3v) is 9.45. The second kappa shape index (κ2) is 16.2. The largest absolute Gasteiger partial charge is 0.476 e. The van der Waals surface area contributed by atoms with Crippen LogP contribution in [0.5, 0.6) is 5.88 Å². The number of hydrogen-bond donors (Lipinski definition) is 2. The van der Waals surface area contributed by atoms with E-state index in [2.05, 4.69) is 31.0 Å². The maximum absolute atomic E-state index is 13.3. The van der Waals surface area contributed by atoms with Crippen molar-refractivity contribution >= 4 is 23.7 Å². The number of alkyl halides is 3. The first-order valence-corrected chi connectivity index (χ1v) is 17.4. The van der Waals surface area contributed by atoms with Crippen molar-refractivity contribution in [1.29, 1.82) is 0 Å². The lowest BCUT2D eigenvalue weighted by atomic mass is 9.85. The summed E-state index contributed by atoms with van der Waals surface area (Å²) >= 11 is 1.08. The minimum Gasteiger partial charge on any atom is -0.476 e. The molecule has 50 heavy (non-hydrogen) atoms. The number of aryl methyl sites for hydroxylation is 1. The fourth-order valence-electron chi connectivity index (χ4n) is 5.76. The number of unbranched alkanes of at least 4 members (excludes halogenated alkanes) is 3. The predicted octanol–water partition coefficient (Wildman–Crippen LogP) is 6.16. The number of nitrogens with two attached hydrogens (primary N) is 2. The molecular weight excluding hydrogens is 669 g/mol. The van der Waals surface area contributed by atoms with Gasteiger partial charge in [-0.1, -0.05) is 43.2 Å². The number of ether oxygens (including phenoxy) is 2.